The molecule has 5 nitrogen and oxygen atoms in total. The molecule has 1 amide bonds. The van der Waals surface area contributed by atoms with Crippen molar-refractivity contribution in [1.29, 1.82) is 0 Å². The molecule has 0 spiro atoms. The van der Waals surface area contributed by atoms with Gasteiger partial charge in [-0.05, 0) is 53.3 Å². The average molecular weight is 376 g/mol. The number of rotatable bonds is 5. The van der Waals surface area contributed by atoms with Crippen molar-refractivity contribution in [3.8, 4) is 22.6 Å². The van der Waals surface area contributed by atoms with Crippen LogP contribution in [0.15, 0.2) is 53.6 Å². The van der Waals surface area contributed by atoms with Crippen molar-refractivity contribution in [2.24, 2.45) is 5.10 Å². The molecule has 5 heteroatoms. The van der Waals surface area contributed by atoms with Crippen LogP contribution in [-0.2, 0) is 0 Å². The molecule has 0 aliphatic heterocycles. The highest BCUT2D eigenvalue weighted by Crippen LogP contribution is 2.33. The molecule has 2 aliphatic rings. The number of fused-ring (bicyclic) bond motifs is 1. The SMILES string of the molecule is COc1ccc(/C=N/NC(=O)c2cc(C)c3cccc(C(C)C)cc2-3)c(O)c1. The molecule has 0 saturated heterocycles. The lowest BCUT2D eigenvalue weighted by Gasteiger charge is -2.05. The minimum atomic E-state index is -0.289. The third kappa shape index (κ3) is 3.98. The summed E-state index contributed by atoms with van der Waals surface area (Å²) >= 11 is 0. The van der Waals surface area contributed by atoms with E-state index in [1.54, 1.807) is 12.1 Å². The molecular weight excluding hydrogens is 352 g/mol. The summed E-state index contributed by atoms with van der Waals surface area (Å²) in [6, 6.07) is 15.0. The molecule has 1 aromatic carbocycles. The van der Waals surface area contributed by atoms with Crippen LogP contribution in [0.2, 0.25) is 0 Å². The molecule has 0 aromatic heterocycles. The highest BCUT2D eigenvalue weighted by atomic mass is 16.5. The Bertz CT molecular complexity index is 1010. The Morgan fingerprint density at radius 3 is 2.61 bits per heavy atom. The lowest BCUT2D eigenvalue weighted by atomic mass is 10.0. The van der Waals surface area contributed by atoms with E-state index < -0.39 is 0 Å². The standard InChI is InChI=1S/C23H24N2O3/c1-14(2)16-6-5-7-19-15(3)10-21(20(19)11-16)23(27)25-24-13-17-8-9-18(28-4)12-22(17)26/h5-14,26H,1-4H3,(H,25,27)/b24-13+. The van der Waals surface area contributed by atoms with Crippen molar-refractivity contribution in [2.75, 3.05) is 7.11 Å². The highest BCUT2D eigenvalue weighted by molar-refractivity contribution is 6.03. The number of hydrazone groups is 1. The van der Waals surface area contributed by atoms with Gasteiger partial charge in [-0.25, -0.2) is 5.43 Å². The number of hydrogen-bond donors (Lipinski definition) is 2. The van der Waals surface area contributed by atoms with E-state index in [0.29, 0.717) is 22.8 Å². The fraction of sp³-hybridized carbons (Fsp3) is 0.217. The zero-order chi connectivity index (χ0) is 20.3. The quantitative estimate of drug-likeness (QED) is 0.501. The number of amides is 1. The molecule has 1 aromatic rings. The Labute approximate surface area is 165 Å². The molecule has 0 unspecified atom stereocenters. The van der Waals surface area contributed by atoms with Crippen LogP contribution in [0, 0.1) is 6.92 Å². The van der Waals surface area contributed by atoms with E-state index in [2.05, 4.69) is 36.5 Å². The summed E-state index contributed by atoms with van der Waals surface area (Å²) in [6.45, 7) is 6.25. The number of nitrogens with zero attached hydrogens (tertiary/aromatic N) is 1. The predicted octanol–water partition coefficient (Wildman–Crippen LogP) is 4.70. The van der Waals surface area contributed by atoms with Gasteiger partial charge < -0.3 is 9.84 Å². The lowest BCUT2D eigenvalue weighted by molar-refractivity contribution is 0.0956. The Morgan fingerprint density at radius 2 is 1.93 bits per heavy atom. The number of carbonyl (C=O) groups excluding carboxylic acids is 1. The minimum absolute atomic E-state index is 0.0283. The van der Waals surface area contributed by atoms with Crippen molar-refractivity contribution < 1.29 is 14.6 Å². The number of ether oxygens (including phenoxy) is 1. The van der Waals surface area contributed by atoms with Crippen molar-refractivity contribution in [3.05, 3.63) is 70.8 Å². The van der Waals surface area contributed by atoms with E-state index in [9.17, 15) is 9.90 Å². The van der Waals surface area contributed by atoms with Gasteiger partial charge in [0.05, 0.1) is 13.3 Å². The third-order valence-electron chi connectivity index (χ3n) is 4.75. The van der Waals surface area contributed by atoms with E-state index >= 15 is 0 Å². The summed E-state index contributed by atoms with van der Waals surface area (Å²) in [5, 5.41) is 14.0. The maximum absolute atomic E-state index is 12.7. The number of hydrogen-bond acceptors (Lipinski definition) is 4. The van der Waals surface area contributed by atoms with Gasteiger partial charge in [-0.3, -0.25) is 4.79 Å². The van der Waals surface area contributed by atoms with Crippen molar-refractivity contribution in [1.82, 2.24) is 5.43 Å². The van der Waals surface area contributed by atoms with Gasteiger partial charge in [-0.15, -0.1) is 0 Å². The molecule has 0 atom stereocenters. The van der Waals surface area contributed by atoms with Crippen molar-refractivity contribution >= 4 is 12.1 Å². The van der Waals surface area contributed by atoms with Crippen LogP contribution in [0.4, 0.5) is 0 Å². The van der Waals surface area contributed by atoms with Crippen LogP contribution in [-0.4, -0.2) is 24.3 Å². The summed E-state index contributed by atoms with van der Waals surface area (Å²) < 4.78 is 5.05. The second-order valence-corrected chi connectivity index (χ2v) is 7.02. The normalized spacial score (nSPS) is 11.3. The first-order chi connectivity index (χ1) is 13.4. The van der Waals surface area contributed by atoms with E-state index in [1.807, 2.05) is 25.1 Å². The van der Waals surface area contributed by atoms with Gasteiger partial charge >= 0.3 is 0 Å². The number of phenols is 1. The molecule has 2 aliphatic carbocycles. The zero-order valence-electron chi connectivity index (χ0n) is 16.5. The summed E-state index contributed by atoms with van der Waals surface area (Å²) in [7, 11) is 1.53. The maximum atomic E-state index is 12.7. The fourth-order valence-corrected chi connectivity index (χ4v) is 3.10. The summed E-state index contributed by atoms with van der Waals surface area (Å²) in [5.41, 5.74) is 7.80. The topological polar surface area (TPSA) is 70.9 Å². The van der Waals surface area contributed by atoms with Gasteiger partial charge in [0.15, 0.2) is 0 Å². The number of phenolic OH excluding ortho intramolecular Hbond substituents is 1. The van der Waals surface area contributed by atoms with Gasteiger partial charge in [0.25, 0.3) is 5.91 Å². The summed E-state index contributed by atoms with van der Waals surface area (Å²) in [4.78, 5) is 12.7. The first-order valence-corrected chi connectivity index (χ1v) is 9.14. The molecule has 0 fully saturated rings. The molecule has 0 radical (unpaired) electrons. The van der Waals surface area contributed by atoms with Gasteiger partial charge in [-0.2, -0.15) is 5.10 Å². The Morgan fingerprint density at radius 1 is 1.14 bits per heavy atom. The number of benzene rings is 1. The highest BCUT2D eigenvalue weighted by Gasteiger charge is 2.18. The first-order valence-electron chi connectivity index (χ1n) is 9.14. The molecule has 144 valence electrons. The molecule has 3 rings (SSSR count). The van der Waals surface area contributed by atoms with Crippen LogP contribution in [0.1, 0.15) is 46.8 Å². The lowest BCUT2D eigenvalue weighted by Crippen LogP contribution is -2.17. The van der Waals surface area contributed by atoms with Crippen LogP contribution in [0.3, 0.4) is 0 Å². The van der Waals surface area contributed by atoms with E-state index in [1.165, 1.54) is 25.0 Å². The second-order valence-electron chi connectivity index (χ2n) is 7.02. The Balaban J connectivity index is 1.85. The number of nitrogens with one attached hydrogen (secondary N) is 1. The number of aromatic hydroxyl groups is 1. The van der Waals surface area contributed by atoms with Gasteiger partial charge in [0.2, 0.25) is 0 Å². The Hall–Kier alpha value is -3.34. The van der Waals surface area contributed by atoms with Crippen LogP contribution in [0.25, 0.3) is 11.1 Å². The van der Waals surface area contributed by atoms with E-state index in [4.69, 9.17) is 4.74 Å². The number of aryl methyl sites for hydroxylation is 1. The summed E-state index contributed by atoms with van der Waals surface area (Å²) in [6.07, 6.45) is 1.41. The summed E-state index contributed by atoms with van der Waals surface area (Å²) in [5.74, 6) is 0.646. The molecular formula is C23H24N2O3. The van der Waals surface area contributed by atoms with Crippen LogP contribution >= 0.6 is 0 Å². The van der Waals surface area contributed by atoms with Crippen LogP contribution < -0.4 is 10.2 Å². The monoisotopic (exact) mass is 376 g/mol. The maximum Gasteiger partial charge on any atom is 0.272 e. The van der Waals surface area contributed by atoms with Crippen molar-refractivity contribution in [2.45, 2.75) is 26.7 Å². The number of methoxy groups -OCH3 is 1. The molecule has 2 N–H and O–H groups in total. The molecule has 28 heavy (non-hydrogen) atoms. The zero-order valence-corrected chi connectivity index (χ0v) is 16.5. The van der Waals surface area contributed by atoms with Crippen LogP contribution in [0.5, 0.6) is 11.5 Å². The largest absolute Gasteiger partial charge is 0.507 e. The molecule has 0 bridgehead atoms. The third-order valence-corrected chi connectivity index (χ3v) is 4.75. The van der Waals surface area contributed by atoms with Gasteiger partial charge in [0, 0.05) is 17.2 Å². The fourth-order valence-electron chi connectivity index (χ4n) is 3.10. The first kappa shape index (κ1) is 19.4. The molecule has 0 heterocycles. The Kier molecular flexibility index (Phi) is 5.64. The van der Waals surface area contributed by atoms with E-state index in [-0.39, 0.29) is 11.7 Å². The van der Waals surface area contributed by atoms with Crippen molar-refractivity contribution in [3.63, 3.8) is 0 Å². The van der Waals surface area contributed by atoms with Gasteiger partial charge in [-0.1, -0.05) is 38.1 Å². The predicted molar refractivity (Wildman–Crippen MR) is 112 cm³/mol. The second kappa shape index (κ2) is 8.13. The minimum Gasteiger partial charge on any atom is -0.507 e. The smallest absolute Gasteiger partial charge is 0.272 e. The average Bonchev–Trinajstić information content (AvgIpc) is 2.84. The molecule has 0 saturated carbocycles. The van der Waals surface area contributed by atoms with E-state index in [0.717, 1.165) is 16.7 Å². The van der Waals surface area contributed by atoms with Gasteiger partial charge in [0.1, 0.15) is 11.5 Å². The number of carbonyl (C=O) groups is 1.